The minimum Gasteiger partial charge on any atom is -0.378 e. The van der Waals surface area contributed by atoms with Gasteiger partial charge in [0.25, 0.3) is 0 Å². The van der Waals surface area contributed by atoms with Crippen molar-refractivity contribution in [3.63, 3.8) is 0 Å². The average molecular weight is 367 g/mol. The van der Waals surface area contributed by atoms with Crippen molar-refractivity contribution in [2.24, 2.45) is 5.10 Å². The molecule has 0 spiro atoms. The molecule has 5 nitrogen and oxygen atoms in total. The molecule has 0 saturated heterocycles. The van der Waals surface area contributed by atoms with Crippen LogP contribution in [-0.4, -0.2) is 30.3 Å². The fourth-order valence-electron chi connectivity index (χ4n) is 2.97. The Morgan fingerprint density at radius 1 is 0.821 bits per heavy atom. The summed E-state index contributed by atoms with van der Waals surface area (Å²) in [5.74, 6) is 0.471. The van der Waals surface area contributed by atoms with E-state index in [1.165, 1.54) is 0 Å². The first kappa shape index (κ1) is 17.7. The maximum Gasteiger partial charge on any atom is 0.244 e. The highest BCUT2D eigenvalue weighted by molar-refractivity contribution is 5.93. The summed E-state index contributed by atoms with van der Waals surface area (Å²) in [5.41, 5.74) is 7.94. The molecular formula is C23H21N5. The van der Waals surface area contributed by atoms with Gasteiger partial charge in [-0.3, -0.25) is 0 Å². The molecule has 1 heterocycles. The molecule has 4 rings (SSSR count). The molecule has 138 valence electrons. The summed E-state index contributed by atoms with van der Waals surface area (Å²) in [6, 6.07) is 26.3. The Labute approximate surface area is 164 Å². The first-order valence-corrected chi connectivity index (χ1v) is 9.09. The molecule has 0 bridgehead atoms. The predicted octanol–water partition coefficient (Wildman–Crippen LogP) is 4.81. The summed E-state index contributed by atoms with van der Waals surface area (Å²) in [7, 11) is 4.04. The van der Waals surface area contributed by atoms with Crippen molar-refractivity contribution in [2.45, 2.75) is 0 Å². The summed E-state index contributed by atoms with van der Waals surface area (Å²) < 4.78 is 0. The molecular weight excluding hydrogens is 346 g/mol. The number of hydrogen-bond acceptors (Lipinski definition) is 5. The maximum atomic E-state index is 4.70. The van der Waals surface area contributed by atoms with Crippen LogP contribution in [0, 0.1) is 0 Å². The highest BCUT2D eigenvalue weighted by atomic mass is 15.3. The van der Waals surface area contributed by atoms with Crippen LogP contribution in [0.4, 0.5) is 11.6 Å². The van der Waals surface area contributed by atoms with Crippen molar-refractivity contribution in [3.05, 3.63) is 84.4 Å². The van der Waals surface area contributed by atoms with Crippen LogP contribution in [-0.2, 0) is 0 Å². The van der Waals surface area contributed by atoms with E-state index < -0.39 is 0 Å². The van der Waals surface area contributed by atoms with Crippen LogP contribution >= 0.6 is 0 Å². The van der Waals surface area contributed by atoms with E-state index >= 15 is 0 Å². The lowest BCUT2D eigenvalue weighted by molar-refractivity contribution is 1.13. The number of rotatable bonds is 5. The van der Waals surface area contributed by atoms with Crippen LogP contribution in [0.2, 0.25) is 0 Å². The van der Waals surface area contributed by atoms with Gasteiger partial charge in [-0.25, -0.2) is 15.4 Å². The van der Waals surface area contributed by atoms with Gasteiger partial charge in [0.1, 0.15) is 0 Å². The second-order valence-corrected chi connectivity index (χ2v) is 6.63. The fourth-order valence-corrected chi connectivity index (χ4v) is 2.97. The second kappa shape index (κ2) is 7.88. The van der Waals surface area contributed by atoms with E-state index in [-0.39, 0.29) is 0 Å². The van der Waals surface area contributed by atoms with Crippen LogP contribution in [0.5, 0.6) is 0 Å². The Kier molecular flexibility index (Phi) is 4.97. The second-order valence-electron chi connectivity index (χ2n) is 6.63. The minimum absolute atomic E-state index is 0.471. The third-order valence-electron chi connectivity index (χ3n) is 4.44. The monoisotopic (exact) mass is 367 g/mol. The number of anilines is 2. The Bertz CT molecular complexity index is 1100. The maximum absolute atomic E-state index is 4.70. The minimum atomic E-state index is 0.471. The molecule has 0 aliphatic heterocycles. The lowest BCUT2D eigenvalue weighted by atomic mass is 10.1. The fraction of sp³-hybridized carbons (Fsp3) is 0.0870. The van der Waals surface area contributed by atoms with E-state index in [1.807, 2.05) is 80.8 Å². The van der Waals surface area contributed by atoms with E-state index in [0.29, 0.717) is 5.95 Å². The molecule has 1 N–H and O–H groups in total. The SMILES string of the molecule is CN(C)c1ccc(/C=N\Nc2nc(-c3ccccc3)c3ccccc3n2)cc1. The first-order chi connectivity index (χ1) is 13.7. The van der Waals surface area contributed by atoms with Crippen molar-refractivity contribution in [1.82, 2.24) is 9.97 Å². The first-order valence-electron chi connectivity index (χ1n) is 9.09. The van der Waals surface area contributed by atoms with Gasteiger partial charge in [-0.05, 0) is 23.8 Å². The molecule has 0 unspecified atom stereocenters. The largest absolute Gasteiger partial charge is 0.378 e. The van der Waals surface area contributed by atoms with Crippen molar-refractivity contribution < 1.29 is 0 Å². The quantitative estimate of drug-likeness (QED) is 0.406. The van der Waals surface area contributed by atoms with Crippen molar-refractivity contribution in [1.29, 1.82) is 0 Å². The van der Waals surface area contributed by atoms with E-state index in [2.05, 4.69) is 32.5 Å². The molecule has 28 heavy (non-hydrogen) atoms. The zero-order chi connectivity index (χ0) is 19.3. The number of nitrogens with zero attached hydrogens (tertiary/aromatic N) is 4. The third-order valence-corrected chi connectivity index (χ3v) is 4.44. The van der Waals surface area contributed by atoms with Crippen LogP contribution < -0.4 is 10.3 Å². The van der Waals surface area contributed by atoms with Gasteiger partial charge in [-0.2, -0.15) is 5.10 Å². The lowest BCUT2D eigenvalue weighted by Gasteiger charge is -2.11. The number of benzene rings is 3. The van der Waals surface area contributed by atoms with E-state index in [0.717, 1.165) is 33.4 Å². The predicted molar refractivity (Wildman–Crippen MR) is 117 cm³/mol. The van der Waals surface area contributed by atoms with Gasteiger partial charge < -0.3 is 4.90 Å². The molecule has 1 aromatic heterocycles. The van der Waals surface area contributed by atoms with Gasteiger partial charge in [0, 0.05) is 30.7 Å². The molecule has 5 heteroatoms. The van der Waals surface area contributed by atoms with Crippen molar-refractivity contribution >= 4 is 28.8 Å². The number of para-hydroxylation sites is 1. The average Bonchev–Trinajstić information content (AvgIpc) is 2.74. The number of hydrogen-bond donors (Lipinski definition) is 1. The number of aromatic nitrogens is 2. The van der Waals surface area contributed by atoms with Crippen LogP contribution in [0.25, 0.3) is 22.2 Å². The molecule has 3 aromatic carbocycles. The molecule has 0 radical (unpaired) electrons. The molecule has 0 atom stereocenters. The number of hydrazone groups is 1. The summed E-state index contributed by atoms with van der Waals surface area (Å²) in [6.07, 6.45) is 1.76. The van der Waals surface area contributed by atoms with E-state index in [1.54, 1.807) is 6.21 Å². The Morgan fingerprint density at radius 2 is 1.54 bits per heavy atom. The highest BCUT2D eigenvalue weighted by Gasteiger charge is 2.08. The summed E-state index contributed by atoms with van der Waals surface area (Å²) in [4.78, 5) is 11.3. The van der Waals surface area contributed by atoms with Crippen molar-refractivity contribution in [3.8, 4) is 11.3 Å². The van der Waals surface area contributed by atoms with Crippen LogP contribution in [0.15, 0.2) is 84.0 Å². The van der Waals surface area contributed by atoms with Crippen LogP contribution in [0.1, 0.15) is 5.56 Å². The van der Waals surface area contributed by atoms with E-state index in [4.69, 9.17) is 4.98 Å². The highest BCUT2D eigenvalue weighted by Crippen LogP contribution is 2.26. The topological polar surface area (TPSA) is 53.4 Å². The van der Waals surface area contributed by atoms with Gasteiger partial charge in [0.15, 0.2) is 0 Å². The standard InChI is InChI=1S/C23H21N5/c1-28(2)19-14-12-17(13-15-19)16-24-27-23-25-21-11-7-6-10-20(21)22(26-23)18-8-4-3-5-9-18/h3-16H,1-2H3,(H,25,26,27)/b24-16-. The Balaban J connectivity index is 1.62. The van der Waals surface area contributed by atoms with Gasteiger partial charge in [0.2, 0.25) is 5.95 Å². The Morgan fingerprint density at radius 3 is 2.29 bits per heavy atom. The number of fused-ring (bicyclic) bond motifs is 1. The molecule has 4 aromatic rings. The van der Waals surface area contributed by atoms with Crippen molar-refractivity contribution in [2.75, 3.05) is 24.4 Å². The van der Waals surface area contributed by atoms with E-state index in [9.17, 15) is 0 Å². The zero-order valence-corrected chi connectivity index (χ0v) is 15.9. The molecule has 0 aliphatic carbocycles. The van der Waals surface area contributed by atoms with Crippen LogP contribution in [0.3, 0.4) is 0 Å². The normalized spacial score (nSPS) is 11.1. The summed E-state index contributed by atoms with van der Waals surface area (Å²) in [5, 5.41) is 5.33. The third kappa shape index (κ3) is 3.83. The smallest absolute Gasteiger partial charge is 0.244 e. The van der Waals surface area contributed by atoms with Gasteiger partial charge >= 0.3 is 0 Å². The zero-order valence-electron chi connectivity index (χ0n) is 15.9. The molecule has 0 saturated carbocycles. The van der Waals surface area contributed by atoms with Gasteiger partial charge in [0.05, 0.1) is 17.4 Å². The number of nitrogens with one attached hydrogen (secondary N) is 1. The molecule has 0 fully saturated rings. The molecule has 0 amide bonds. The lowest BCUT2D eigenvalue weighted by Crippen LogP contribution is -2.08. The summed E-state index contributed by atoms with van der Waals surface area (Å²) >= 11 is 0. The molecule has 0 aliphatic rings. The summed E-state index contributed by atoms with van der Waals surface area (Å²) in [6.45, 7) is 0. The van der Waals surface area contributed by atoms with Gasteiger partial charge in [-0.15, -0.1) is 0 Å². The Hall–Kier alpha value is -3.73. The van der Waals surface area contributed by atoms with Gasteiger partial charge in [-0.1, -0.05) is 60.7 Å².